The van der Waals surface area contributed by atoms with E-state index in [-0.39, 0.29) is 11.9 Å². The summed E-state index contributed by atoms with van der Waals surface area (Å²) in [6.45, 7) is 0. The van der Waals surface area contributed by atoms with Gasteiger partial charge in [0.25, 0.3) is 0 Å². The number of rotatable bonds is 5. The number of likely N-dealkylation sites (N-methyl/N-ethyl adjacent to an activating group) is 1. The Labute approximate surface area is 127 Å². The average Bonchev–Trinajstić information content (AvgIpc) is 2.46. The summed E-state index contributed by atoms with van der Waals surface area (Å²) in [6.07, 6.45) is 0.708. The van der Waals surface area contributed by atoms with Gasteiger partial charge in [0.05, 0.1) is 7.11 Å². The van der Waals surface area contributed by atoms with Gasteiger partial charge in [-0.05, 0) is 43.3 Å². The van der Waals surface area contributed by atoms with Crippen LogP contribution in [0.1, 0.15) is 17.2 Å². The van der Waals surface area contributed by atoms with Crippen molar-refractivity contribution < 1.29 is 9.13 Å². The van der Waals surface area contributed by atoms with E-state index in [0.29, 0.717) is 12.0 Å². The van der Waals surface area contributed by atoms with Crippen LogP contribution in [0.2, 0.25) is 0 Å². The minimum absolute atomic E-state index is 0.0843. The van der Waals surface area contributed by atoms with Crippen molar-refractivity contribution in [2.24, 2.45) is 0 Å². The first kappa shape index (κ1) is 15.0. The summed E-state index contributed by atoms with van der Waals surface area (Å²) in [5.41, 5.74) is 1.78. The summed E-state index contributed by atoms with van der Waals surface area (Å²) in [4.78, 5) is 0. The molecule has 2 aromatic rings. The van der Waals surface area contributed by atoms with Crippen LogP contribution in [0.5, 0.6) is 5.75 Å². The number of nitrogens with one attached hydrogen (secondary N) is 1. The lowest BCUT2D eigenvalue weighted by molar-refractivity contribution is 0.414. The minimum atomic E-state index is -0.202. The molecule has 106 valence electrons. The number of hydrogen-bond acceptors (Lipinski definition) is 2. The van der Waals surface area contributed by atoms with Crippen LogP contribution < -0.4 is 10.1 Å². The third kappa shape index (κ3) is 3.38. The molecule has 0 saturated carbocycles. The summed E-state index contributed by atoms with van der Waals surface area (Å²) in [7, 11) is 3.48. The first-order valence-corrected chi connectivity index (χ1v) is 7.19. The van der Waals surface area contributed by atoms with Crippen LogP contribution >= 0.6 is 15.9 Å². The highest BCUT2D eigenvalue weighted by atomic mass is 79.9. The van der Waals surface area contributed by atoms with E-state index in [1.54, 1.807) is 13.2 Å². The number of benzene rings is 2. The van der Waals surface area contributed by atoms with Crippen molar-refractivity contribution in [3.8, 4) is 5.75 Å². The summed E-state index contributed by atoms with van der Waals surface area (Å²) < 4.78 is 19.9. The fraction of sp³-hybridized carbons (Fsp3) is 0.250. The maximum Gasteiger partial charge on any atom is 0.129 e. The molecule has 2 nitrogen and oxygen atoms in total. The zero-order valence-electron chi connectivity index (χ0n) is 11.5. The van der Waals surface area contributed by atoms with Gasteiger partial charge in [0.1, 0.15) is 11.6 Å². The van der Waals surface area contributed by atoms with E-state index < -0.39 is 0 Å². The highest BCUT2D eigenvalue weighted by Gasteiger charge is 2.17. The second-order valence-corrected chi connectivity index (χ2v) is 5.38. The van der Waals surface area contributed by atoms with Gasteiger partial charge in [-0.15, -0.1) is 0 Å². The van der Waals surface area contributed by atoms with Gasteiger partial charge in [0.2, 0.25) is 0 Å². The average molecular weight is 338 g/mol. The molecular formula is C16H17BrFNO. The van der Waals surface area contributed by atoms with E-state index in [4.69, 9.17) is 4.74 Å². The Balaban J connectivity index is 2.24. The van der Waals surface area contributed by atoms with E-state index in [9.17, 15) is 4.39 Å². The predicted octanol–water partition coefficient (Wildman–Crippen LogP) is 4.10. The van der Waals surface area contributed by atoms with Crippen LogP contribution in [0, 0.1) is 5.82 Å². The Kier molecular flexibility index (Phi) is 5.15. The third-order valence-corrected chi connectivity index (χ3v) is 3.99. The largest absolute Gasteiger partial charge is 0.497 e. The van der Waals surface area contributed by atoms with Crippen LogP contribution in [-0.2, 0) is 6.42 Å². The lowest BCUT2D eigenvalue weighted by Gasteiger charge is -2.19. The normalized spacial score (nSPS) is 12.2. The van der Waals surface area contributed by atoms with Crippen LogP contribution in [0.25, 0.3) is 0 Å². The molecule has 0 aliphatic heterocycles. The zero-order chi connectivity index (χ0) is 14.5. The molecule has 20 heavy (non-hydrogen) atoms. The van der Waals surface area contributed by atoms with Crippen molar-refractivity contribution in [1.29, 1.82) is 0 Å². The minimum Gasteiger partial charge on any atom is -0.497 e. The van der Waals surface area contributed by atoms with E-state index >= 15 is 0 Å². The first-order valence-electron chi connectivity index (χ1n) is 6.39. The van der Waals surface area contributed by atoms with Crippen LogP contribution in [0.3, 0.4) is 0 Å². The molecule has 0 radical (unpaired) electrons. The van der Waals surface area contributed by atoms with Crippen molar-refractivity contribution in [3.63, 3.8) is 0 Å². The van der Waals surface area contributed by atoms with Gasteiger partial charge < -0.3 is 10.1 Å². The molecule has 2 aromatic carbocycles. The standard InChI is InChI=1S/C16H17BrFNO/c1-19-15(16-13(17)4-3-5-14(16)18)10-11-6-8-12(20-2)9-7-11/h3-9,15,19H,10H2,1-2H3. The van der Waals surface area contributed by atoms with Gasteiger partial charge in [0, 0.05) is 16.1 Å². The summed E-state index contributed by atoms with van der Waals surface area (Å²) in [5.74, 6) is 0.620. The van der Waals surface area contributed by atoms with Crippen LogP contribution in [0.15, 0.2) is 46.9 Å². The van der Waals surface area contributed by atoms with Gasteiger partial charge in [-0.2, -0.15) is 0 Å². The zero-order valence-corrected chi connectivity index (χ0v) is 13.1. The molecule has 0 heterocycles. The second kappa shape index (κ2) is 6.86. The lowest BCUT2D eigenvalue weighted by atomic mass is 9.98. The monoisotopic (exact) mass is 337 g/mol. The van der Waals surface area contributed by atoms with Gasteiger partial charge in [-0.1, -0.05) is 34.1 Å². The predicted molar refractivity (Wildman–Crippen MR) is 82.6 cm³/mol. The van der Waals surface area contributed by atoms with Gasteiger partial charge in [-0.25, -0.2) is 4.39 Å². The molecule has 0 fully saturated rings. The summed E-state index contributed by atoms with van der Waals surface area (Å²) >= 11 is 3.42. The molecule has 0 aliphatic carbocycles. The first-order chi connectivity index (χ1) is 9.65. The van der Waals surface area contributed by atoms with E-state index in [1.807, 2.05) is 37.4 Å². The van der Waals surface area contributed by atoms with Gasteiger partial charge in [0.15, 0.2) is 0 Å². The van der Waals surface area contributed by atoms with Crippen LogP contribution in [0.4, 0.5) is 4.39 Å². The van der Waals surface area contributed by atoms with Crippen molar-refractivity contribution in [2.75, 3.05) is 14.2 Å². The third-order valence-electron chi connectivity index (χ3n) is 3.30. The Morgan fingerprint density at radius 2 is 1.90 bits per heavy atom. The van der Waals surface area contributed by atoms with Crippen molar-refractivity contribution >= 4 is 15.9 Å². The molecule has 4 heteroatoms. The maximum absolute atomic E-state index is 14.0. The molecule has 1 atom stereocenters. The van der Waals surface area contributed by atoms with E-state index in [2.05, 4.69) is 21.2 Å². The quantitative estimate of drug-likeness (QED) is 0.886. The molecule has 0 spiro atoms. The number of methoxy groups -OCH3 is 1. The molecular weight excluding hydrogens is 321 g/mol. The topological polar surface area (TPSA) is 21.3 Å². The fourth-order valence-corrected chi connectivity index (χ4v) is 2.81. The Hall–Kier alpha value is -1.39. The van der Waals surface area contributed by atoms with Crippen LogP contribution in [-0.4, -0.2) is 14.2 Å². The number of hydrogen-bond donors (Lipinski definition) is 1. The molecule has 2 rings (SSSR count). The van der Waals surface area contributed by atoms with Gasteiger partial charge >= 0.3 is 0 Å². The SMILES string of the molecule is CNC(Cc1ccc(OC)cc1)c1c(F)cccc1Br. The Bertz CT molecular complexity index is 551. The van der Waals surface area contributed by atoms with E-state index in [0.717, 1.165) is 15.8 Å². The molecule has 1 N–H and O–H groups in total. The second-order valence-electron chi connectivity index (χ2n) is 4.53. The molecule has 1 unspecified atom stereocenters. The molecule has 0 saturated heterocycles. The molecule has 0 bridgehead atoms. The maximum atomic E-state index is 14.0. The number of ether oxygens (including phenoxy) is 1. The van der Waals surface area contributed by atoms with Crippen molar-refractivity contribution in [2.45, 2.75) is 12.5 Å². The van der Waals surface area contributed by atoms with Crippen molar-refractivity contribution in [1.82, 2.24) is 5.32 Å². The molecule has 0 aromatic heterocycles. The molecule has 0 aliphatic rings. The van der Waals surface area contributed by atoms with Crippen molar-refractivity contribution in [3.05, 3.63) is 63.9 Å². The lowest BCUT2D eigenvalue weighted by Crippen LogP contribution is -2.20. The highest BCUT2D eigenvalue weighted by molar-refractivity contribution is 9.10. The molecule has 0 amide bonds. The summed E-state index contributed by atoms with van der Waals surface area (Å²) in [6, 6.07) is 12.8. The van der Waals surface area contributed by atoms with Gasteiger partial charge in [-0.3, -0.25) is 0 Å². The van der Waals surface area contributed by atoms with E-state index in [1.165, 1.54) is 6.07 Å². The Morgan fingerprint density at radius 1 is 1.20 bits per heavy atom. The number of halogens is 2. The Morgan fingerprint density at radius 3 is 2.45 bits per heavy atom. The summed E-state index contributed by atoms with van der Waals surface area (Å²) in [5, 5.41) is 3.18. The fourth-order valence-electron chi connectivity index (χ4n) is 2.19. The smallest absolute Gasteiger partial charge is 0.129 e. The highest BCUT2D eigenvalue weighted by Crippen LogP contribution is 2.28.